The second-order valence-corrected chi connectivity index (χ2v) is 5.28. The van der Waals surface area contributed by atoms with Gasteiger partial charge < -0.3 is 24.4 Å². The van der Waals surface area contributed by atoms with Gasteiger partial charge in [0.15, 0.2) is 11.5 Å². The van der Waals surface area contributed by atoms with Crippen molar-refractivity contribution in [2.45, 2.75) is 52.4 Å². The molecule has 0 aliphatic carbocycles. The van der Waals surface area contributed by atoms with Crippen LogP contribution in [0.3, 0.4) is 0 Å². The second kappa shape index (κ2) is 9.12. The molecule has 6 heteroatoms. The lowest BCUT2D eigenvalue weighted by Gasteiger charge is -2.21. The van der Waals surface area contributed by atoms with Crippen LogP contribution in [0.5, 0.6) is 23.0 Å². The minimum Gasteiger partial charge on any atom is -0.504 e. The number of phenols is 1. The molecule has 0 saturated carbocycles. The summed E-state index contributed by atoms with van der Waals surface area (Å²) in [6.07, 6.45) is 3.58. The fourth-order valence-corrected chi connectivity index (χ4v) is 2.59. The van der Waals surface area contributed by atoms with Gasteiger partial charge in [-0.15, -0.1) is 0 Å². The summed E-state index contributed by atoms with van der Waals surface area (Å²) in [6.45, 7) is 4.13. The topological polar surface area (TPSA) is 85.2 Å². The van der Waals surface area contributed by atoms with Gasteiger partial charge in [-0.1, -0.05) is 26.7 Å². The smallest absolute Gasteiger partial charge is 0.504 e. The van der Waals surface area contributed by atoms with Gasteiger partial charge in [0.05, 0.1) is 14.2 Å². The molecule has 0 amide bonds. The predicted molar refractivity (Wildman–Crippen MR) is 87.1 cm³/mol. The zero-order valence-electron chi connectivity index (χ0n) is 14.3. The summed E-state index contributed by atoms with van der Waals surface area (Å²) in [5.41, 5.74) is 1.53. The van der Waals surface area contributed by atoms with E-state index in [0.29, 0.717) is 17.7 Å². The largest absolute Gasteiger partial charge is 0.511 e. The van der Waals surface area contributed by atoms with E-state index >= 15 is 0 Å². The average Bonchev–Trinajstić information content (AvgIpc) is 2.53. The summed E-state index contributed by atoms with van der Waals surface area (Å²) in [5, 5.41) is 19.5. The molecular weight excluding hydrogens is 300 g/mol. The number of methoxy groups -OCH3 is 2. The number of carboxylic acid groups (broad SMARTS) is 1. The number of hydrogen-bond donors (Lipinski definition) is 2. The lowest BCUT2D eigenvalue weighted by atomic mass is 9.94. The minimum atomic E-state index is -1.51. The second-order valence-electron chi connectivity index (χ2n) is 5.28. The molecular formula is C17H26O6. The van der Waals surface area contributed by atoms with Crippen LogP contribution in [-0.2, 0) is 12.8 Å². The molecule has 0 heterocycles. The molecule has 0 aliphatic heterocycles. The Kier molecular flexibility index (Phi) is 7.51. The molecule has 2 N–H and O–H groups in total. The number of rotatable bonds is 9. The van der Waals surface area contributed by atoms with Crippen molar-refractivity contribution in [1.29, 1.82) is 0 Å². The van der Waals surface area contributed by atoms with Gasteiger partial charge in [0.2, 0.25) is 11.5 Å². The molecule has 0 bridgehead atoms. The third-order valence-corrected chi connectivity index (χ3v) is 3.71. The van der Waals surface area contributed by atoms with Gasteiger partial charge in [-0.25, -0.2) is 4.79 Å². The molecule has 0 aromatic heterocycles. The highest BCUT2D eigenvalue weighted by molar-refractivity contribution is 5.72. The Bertz CT molecular complexity index is 539. The Morgan fingerprint density at radius 1 is 0.913 bits per heavy atom. The molecule has 0 atom stereocenters. The number of hydrogen-bond acceptors (Lipinski definition) is 5. The molecule has 1 rings (SSSR count). The van der Waals surface area contributed by atoms with Crippen molar-refractivity contribution in [2.75, 3.05) is 14.2 Å². The third kappa shape index (κ3) is 4.43. The van der Waals surface area contributed by atoms with E-state index in [0.717, 1.165) is 37.7 Å². The van der Waals surface area contributed by atoms with Crippen LogP contribution in [-0.4, -0.2) is 30.6 Å². The summed E-state index contributed by atoms with van der Waals surface area (Å²) in [7, 11) is 2.89. The van der Waals surface area contributed by atoms with E-state index in [9.17, 15) is 9.90 Å². The van der Waals surface area contributed by atoms with Gasteiger partial charge in [-0.2, -0.15) is 0 Å². The molecule has 23 heavy (non-hydrogen) atoms. The third-order valence-electron chi connectivity index (χ3n) is 3.71. The first-order valence-electron chi connectivity index (χ1n) is 7.91. The quantitative estimate of drug-likeness (QED) is 0.524. The highest BCUT2D eigenvalue weighted by atomic mass is 16.7. The van der Waals surface area contributed by atoms with Gasteiger partial charge in [-0.3, -0.25) is 0 Å². The minimum absolute atomic E-state index is 0.110. The lowest BCUT2D eigenvalue weighted by Crippen LogP contribution is -2.09. The first-order valence-corrected chi connectivity index (χ1v) is 7.91. The van der Waals surface area contributed by atoms with Crippen LogP contribution in [0.1, 0.15) is 50.7 Å². The van der Waals surface area contributed by atoms with E-state index in [-0.39, 0.29) is 17.2 Å². The number of phenolic OH excluding ortho intramolecular Hbond substituents is 1. The van der Waals surface area contributed by atoms with Gasteiger partial charge in [0.1, 0.15) is 0 Å². The van der Waals surface area contributed by atoms with E-state index in [4.69, 9.17) is 19.3 Å². The van der Waals surface area contributed by atoms with E-state index < -0.39 is 6.16 Å². The standard InChI is InChI=1S/C17H26O6/c1-5-7-9-11-12(10-8-6-2)14(21-3)16(22-4)15(13(11)18)23-17(19)20/h18H,5-10H2,1-4H3,(H,19,20). The summed E-state index contributed by atoms with van der Waals surface area (Å²) < 4.78 is 15.5. The number of benzene rings is 1. The van der Waals surface area contributed by atoms with Crippen molar-refractivity contribution in [3.63, 3.8) is 0 Å². The summed E-state index contributed by atoms with van der Waals surface area (Å²) in [4.78, 5) is 10.9. The normalized spacial score (nSPS) is 10.4. The summed E-state index contributed by atoms with van der Waals surface area (Å²) >= 11 is 0. The molecule has 0 saturated heterocycles. The summed E-state index contributed by atoms with van der Waals surface area (Å²) in [6, 6.07) is 0. The molecule has 1 aromatic carbocycles. The Morgan fingerprint density at radius 2 is 1.43 bits per heavy atom. The molecule has 0 fully saturated rings. The van der Waals surface area contributed by atoms with Crippen molar-refractivity contribution in [1.82, 2.24) is 0 Å². The van der Waals surface area contributed by atoms with Crippen molar-refractivity contribution in [3.05, 3.63) is 11.1 Å². The monoisotopic (exact) mass is 326 g/mol. The van der Waals surface area contributed by atoms with Crippen molar-refractivity contribution in [2.24, 2.45) is 0 Å². The molecule has 6 nitrogen and oxygen atoms in total. The van der Waals surface area contributed by atoms with Crippen LogP contribution in [0, 0.1) is 0 Å². The zero-order chi connectivity index (χ0) is 17.4. The van der Waals surface area contributed by atoms with Crippen LogP contribution in [0.25, 0.3) is 0 Å². The molecule has 130 valence electrons. The Balaban J connectivity index is 3.57. The van der Waals surface area contributed by atoms with E-state index in [1.807, 2.05) is 0 Å². The first kappa shape index (κ1) is 18.9. The number of unbranched alkanes of at least 4 members (excludes halogenated alkanes) is 2. The Morgan fingerprint density at radius 3 is 1.87 bits per heavy atom. The van der Waals surface area contributed by atoms with Crippen LogP contribution in [0.4, 0.5) is 4.79 Å². The molecule has 0 aliphatic rings. The van der Waals surface area contributed by atoms with Gasteiger partial charge >= 0.3 is 6.16 Å². The SMILES string of the molecule is CCCCc1c(O)c(OC(=O)O)c(OC)c(OC)c1CCCC. The number of ether oxygens (including phenoxy) is 3. The summed E-state index contributed by atoms with van der Waals surface area (Å²) in [5.74, 6) is 0.160. The number of aromatic hydroxyl groups is 1. The molecule has 0 radical (unpaired) electrons. The van der Waals surface area contributed by atoms with Gasteiger partial charge in [0, 0.05) is 11.1 Å². The van der Waals surface area contributed by atoms with Gasteiger partial charge in [0.25, 0.3) is 0 Å². The maximum absolute atomic E-state index is 10.9. The highest BCUT2D eigenvalue weighted by Gasteiger charge is 2.27. The van der Waals surface area contributed by atoms with E-state index in [1.54, 1.807) is 0 Å². The fraction of sp³-hybridized carbons (Fsp3) is 0.588. The van der Waals surface area contributed by atoms with E-state index in [2.05, 4.69) is 13.8 Å². The lowest BCUT2D eigenvalue weighted by molar-refractivity contribution is 0.140. The highest BCUT2D eigenvalue weighted by Crippen LogP contribution is 2.50. The van der Waals surface area contributed by atoms with Gasteiger partial charge in [-0.05, 0) is 25.7 Å². The number of carbonyl (C=O) groups is 1. The Labute approximate surface area is 137 Å². The van der Waals surface area contributed by atoms with Crippen molar-refractivity contribution < 1.29 is 29.2 Å². The van der Waals surface area contributed by atoms with Crippen LogP contribution >= 0.6 is 0 Å². The van der Waals surface area contributed by atoms with Crippen molar-refractivity contribution >= 4 is 6.16 Å². The maximum atomic E-state index is 10.9. The van der Waals surface area contributed by atoms with Crippen molar-refractivity contribution in [3.8, 4) is 23.0 Å². The van der Waals surface area contributed by atoms with Crippen LogP contribution in [0.15, 0.2) is 0 Å². The maximum Gasteiger partial charge on any atom is 0.511 e. The molecule has 0 spiro atoms. The average molecular weight is 326 g/mol. The Hall–Kier alpha value is -2.11. The fourth-order valence-electron chi connectivity index (χ4n) is 2.59. The first-order chi connectivity index (χ1) is 11.0. The molecule has 0 unspecified atom stereocenters. The molecule has 1 aromatic rings. The van der Waals surface area contributed by atoms with Crippen LogP contribution < -0.4 is 14.2 Å². The predicted octanol–water partition coefficient (Wildman–Crippen LogP) is 4.15. The van der Waals surface area contributed by atoms with E-state index in [1.165, 1.54) is 14.2 Å². The van der Waals surface area contributed by atoms with Crippen LogP contribution in [0.2, 0.25) is 0 Å². The zero-order valence-corrected chi connectivity index (χ0v) is 14.3.